The highest BCUT2D eigenvalue weighted by molar-refractivity contribution is 5.85. The van der Waals surface area contributed by atoms with Crippen LogP contribution >= 0.6 is 0 Å². The Bertz CT molecular complexity index is 867. The molecule has 1 saturated heterocycles. The highest BCUT2D eigenvalue weighted by Crippen LogP contribution is 2.26. The molecule has 0 radical (unpaired) electrons. The summed E-state index contributed by atoms with van der Waals surface area (Å²) >= 11 is 0. The van der Waals surface area contributed by atoms with Crippen molar-refractivity contribution < 1.29 is 19.4 Å². The van der Waals surface area contributed by atoms with Crippen molar-refractivity contribution in [3.05, 3.63) is 53.6 Å². The number of carbonyl (C=O) groups excluding carboxylic acids is 1. The Kier molecular flexibility index (Phi) is 6.69. The number of hydrogen-bond donors (Lipinski definition) is 4. The topological polar surface area (TPSA) is 104 Å². The highest BCUT2D eigenvalue weighted by Gasteiger charge is 2.30. The van der Waals surface area contributed by atoms with E-state index >= 15 is 0 Å². The van der Waals surface area contributed by atoms with Gasteiger partial charge < -0.3 is 14.6 Å². The van der Waals surface area contributed by atoms with Crippen LogP contribution in [0, 0.1) is 0 Å². The van der Waals surface area contributed by atoms with E-state index in [1.807, 2.05) is 38.1 Å². The molecule has 1 amide bonds. The van der Waals surface area contributed by atoms with E-state index in [0.29, 0.717) is 17.7 Å². The van der Waals surface area contributed by atoms with Gasteiger partial charge in [0.25, 0.3) is 5.91 Å². The van der Waals surface area contributed by atoms with Crippen LogP contribution < -0.4 is 25.8 Å². The second kappa shape index (κ2) is 9.40. The number of ether oxygens (including phenoxy) is 2. The maximum atomic E-state index is 12.4. The number of hydrazone groups is 1. The third-order valence-corrected chi connectivity index (χ3v) is 4.47. The molecule has 1 aliphatic rings. The maximum absolute atomic E-state index is 12.4. The van der Waals surface area contributed by atoms with E-state index in [1.165, 1.54) is 19.4 Å². The van der Waals surface area contributed by atoms with Gasteiger partial charge in [-0.25, -0.2) is 16.3 Å². The van der Waals surface area contributed by atoms with E-state index < -0.39 is 6.04 Å². The van der Waals surface area contributed by atoms with E-state index in [1.54, 1.807) is 12.1 Å². The first-order valence-electron chi connectivity index (χ1n) is 9.44. The molecule has 8 nitrogen and oxygen atoms in total. The number of carbonyl (C=O) groups is 1. The van der Waals surface area contributed by atoms with Crippen LogP contribution in [0.2, 0.25) is 0 Å². The number of aromatic hydroxyl groups is 1. The molecule has 1 fully saturated rings. The fraction of sp³-hybridized carbons (Fsp3) is 0.333. The fourth-order valence-electron chi connectivity index (χ4n) is 3.02. The van der Waals surface area contributed by atoms with Crippen molar-refractivity contribution >= 4 is 12.1 Å². The van der Waals surface area contributed by atoms with Crippen molar-refractivity contribution in [1.29, 1.82) is 0 Å². The summed E-state index contributed by atoms with van der Waals surface area (Å²) in [5.41, 5.74) is 10.5. The van der Waals surface area contributed by atoms with Crippen molar-refractivity contribution in [2.24, 2.45) is 5.10 Å². The lowest BCUT2D eigenvalue weighted by Gasteiger charge is -2.13. The molecule has 8 heteroatoms. The van der Waals surface area contributed by atoms with Crippen LogP contribution in [0.25, 0.3) is 0 Å². The molecule has 2 aromatic rings. The number of rotatable bonds is 7. The fourth-order valence-corrected chi connectivity index (χ4v) is 3.02. The average molecular weight is 398 g/mol. The van der Waals surface area contributed by atoms with Crippen LogP contribution in [-0.2, 0) is 4.79 Å². The van der Waals surface area contributed by atoms with Gasteiger partial charge in [-0.05, 0) is 61.7 Å². The third-order valence-electron chi connectivity index (χ3n) is 4.47. The predicted octanol–water partition coefficient (Wildman–Crippen LogP) is 2.25. The van der Waals surface area contributed by atoms with Gasteiger partial charge in [0.05, 0.1) is 19.4 Å². The van der Waals surface area contributed by atoms with Gasteiger partial charge in [0, 0.05) is 6.04 Å². The van der Waals surface area contributed by atoms with Crippen LogP contribution in [0.15, 0.2) is 47.6 Å². The Morgan fingerprint density at radius 3 is 2.69 bits per heavy atom. The Labute approximate surface area is 169 Å². The number of amides is 1. The lowest BCUT2D eigenvalue weighted by atomic mass is 10.0. The number of nitrogens with one attached hydrogen (secondary N) is 3. The van der Waals surface area contributed by atoms with Crippen LogP contribution in [0.3, 0.4) is 0 Å². The smallest absolute Gasteiger partial charge is 0.258 e. The molecule has 2 aromatic carbocycles. The molecule has 29 heavy (non-hydrogen) atoms. The second-order valence-electron chi connectivity index (χ2n) is 7.03. The number of methoxy groups -OCH3 is 1. The largest absolute Gasteiger partial charge is 0.504 e. The van der Waals surface area contributed by atoms with Crippen molar-refractivity contribution in [2.75, 3.05) is 7.11 Å². The number of benzene rings is 2. The van der Waals surface area contributed by atoms with E-state index in [9.17, 15) is 9.90 Å². The normalized spacial score (nSPS) is 18.9. The summed E-state index contributed by atoms with van der Waals surface area (Å²) in [5.74, 6) is 0.977. The third kappa shape index (κ3) is 5.46. The standard InChI is InChI=1S/C21H26N4O4/c1-13(2)29-16-7-5-15(6-8-16)17-11-18(24-23-17)21(27)25-22-12-14-4-9-19(26)20(10-14)28-3/h4-10,12-13,17-18,23-24,26H,11H2,1-3H3,(H,25,27)/b22-12+. The monoisotopic (exact) mass is 398 g/mol. The maximum Gasteiger partial charge on any atom is 0.258 e. The number of hydrogen-bond acceptors (Lipinski definition) is 7. The molecule has 0 saturated carbocycles. The Morgan fingerprint density at radius 1 is 1.24 bits per heavy atom. The summed E-state index contributed by atoms with van der Waals surface area (Å²) in [6.45, 7) is 3.97. The second-order valence-corrected chi connectivity index (χ2v) is 7.03. The SMILES string of the molecule is COc1cc(/C=N/NC(=O)C2CC(c3ccc(OC(C)C)cc3)NN2)ccc1O. The lowest BCUT2D eigenvalue weighted by molar-refractivity contribution is -0.122. The van der Waals surface area contributed by atoms with Crippen LogP contribution in [0.5, 0.6) is 17.2 Å². The minimum atomic E-state index is -0.405. The highest BCUT2D eigenvalue weighted by atomic mass is 16.5. The molecular formula is C21H26N4O4. The molecule has 1 heterocycles. The van der Waals surface area contributed by atoms with E-state index in [2.05, 4.69) is 21.4 Å². The molecule has 0 bridgehead atoms. The number of hydrazine groups is 1. The van der Waals surface area contributed by atoms with Gasteiger partial charge in [-0.3, -0.25) is 4.79 Å². The molecule has 1 aliphatic heterocycles. The number of nitrogens with zero attached hydrogens (tertiary/aromatic N) is 1. The first-order valence-corrected chi connectivity index (χ1v) is 9.44. The number of phenols is 1. The molecule has 2 unspecified atom stereocenters. The van der Waals surface area contributed by atoms with Crippen LogP contribution in [0.4, 0.5) is 0 Å². The minimum absolute atomic E-state index is 0.0178. The predicted molar refractivity (Wildman–Crippen MR) is 110 cm³/mol. The lowest BCUT2D eigenvalue weighted by Crippen LogP contribution is -2.41. The van der Waals surface area contributed by atoms with Gasteiger partial charge in [0.15, 0.2) is 11.5 Å². The van der Waals surface area contributed by atoms with Crippen LogP contribution in [0.1, 0.15) is 37.4 Å². The summed E-state index contributed by atoms with van der Waals surface area (Å²) in [5, 5.41) is 13.6. The summed E-state index contributed by atoms with van der Waals surface area (Å²) in [4.78, 5) is 12.4. The van der Waals surface area contributed by atoms with Gasteiger partial charge >= 0.3 is 0 Å². The first kappa shape index (κ1) is 20.6. The molecule has 0 aromatic heterocycles. The van der Waals surface area contributed by atoms with Gasteiger partial charge in [-0.2, -0.15) is 5.10 Å². The Morgan fingerprint density at radius 2 is 2.00 bits per heavy atom. The zero-order valence-corrected chi connectivity index (χ0v) is 16.7. The van der Waals surface area contributed by atoms with E-state index in [4.69, 9.17) is 9.47 Å². The molecular weight excluding hydrogens is 372 g/mol. The molecule has 2 atom stereocenters. The molecule has 0 aliphatic carbocycles. The zero-order valence-electron chi connectivity index (χ0n) is 16.7. The van der Waals surface area contributed by atoms with Gasteiger partial charge in [-0.1, -0.05) is 12.1 Å². The van der Waals surface area contributed by atoms with Gasteiger partial charge in [-0.15, -0.1) is 0 Å². The summed E-state index contributed by atoms with van der Waals surface area (Å²) in [7, 11) is 1.47. The van der Waals surface area contributed by atoms with E-state index in [-0.39, 0.29) is 23.8 Å². The minimum Gasteiger partial charge on any atom is -0.504 e. The van der Waals surface area contributed by atoms with Crippen molar-refractivity contribution in [3.63, 3.8) is 0 Å². The Hall–Kier alpha value is -3.10. The van der Waals surface area contributed by atoms with Gasteiger partial charge in [0.2, 0.25) is 0 Å². The summed E-state index contributed by atoms with van der Waals surface area (Å²) in [6.07, 6.45) is 2.22. The molecule has 4 N–H and O–H groups in total. The number of phenolic OH excluding ortho intramolecular Hbond substituents is 1. The van der Waals surface area contributed by atoms with E-state index in [0.717, 1.165) is 11.3 Å². The molecule has 3 rings (SSSR count). The molecule has 0 spiro atoms. The quantitative estimate of drug-likeness (QED) is 0.421. The summed E-state index contributed by atoms with van der Waals surface area (Å²) in [6, 6.07) is 12.3. The van der Waals surface area contributed by atoms with Crippen molar-refractivity contribution in [1.82, 2.24) is 16.3 Å². The first-order chi connectivity index (χ1) is 14.0. The summed E-state index contributed by atoms with van der Waals surface area (Å²) < 4.78 is 10.7. The van der Waals surface area contributed by atoms with Crippen molar-refractivity contribution in [2.45, 2.75) is 38.5 Å². The zero-order chi connectivity index (χ0) is 20.8. The average Bonchev–Trinajstić information content (AvgIpc) is 3.19. The molecule has 154 valence electrons. The van der Waals surface area contributed by atoms with Crippen LogP contribution in [-0.4, -0.2) is 36.5 Å². The van der Waals surface area contributed by atoms with Gasteiger partial charge in [0.1, 0.15) is 11.8 Å². The Balaban J connectivity index is 1.52. The van der Waals surface area contributed by atoms with Crippen molar-refractivity contribution in [3.8, 4) is 17.2 Å².